The monoisotopic (exact) mass is 310 g/mol. The Morgan fingerprint density at radius 3 is 2.64 bits per heavy atom. The van der Waals surface area contributed by atoms with Crippen molar-refractivity contribution < 1.29 is 0 Å². The largest absolute Gasteiger partial charge is 0.306 e. The van der Waals surface area contributed by atoms with Crippen molar-refractivity contribution in [3.8, 4) is 11.4 Å². The Labute approximate surface area is 133 Å². The highest BCUT2D eigenvalue weighted by molar-refractivity contribution is 7.99. The average molecular weight is 310 g/mol. The topological polar surface area (TPSA) is 45.8 Å². The van der Waals surface area contributed by atoms with Crippen molar-refractivity contribution in [1.82, 2.24) is 9.97 Å². The lowest BCUT2D eigenvalue weighted by Crippen LogP contribution is -2.09. The van der Waals surface area contributed by atoms with Crippen LogP contribution in [0.5, 0.6) is 0 Å². The van der Waals surface area contributed by atoms with E-state index in [1.807, 2.05) is 42.1 Å². The van der Waals surface area contributed by atoms with Gasteiger partial charge >= 0.3 is 0 Å². The molecule has 0 bridgehead atoms. The van der Waals surface area contributed by atoms with Gasteiger partial charge in [-0.15, -0.1) is 11.8 Å². The molecule has 3 nitrogen and oxygen atoms in total. The standard InChI is InChI=1S/C18H18N2OS/c1-2-3-12-22-14-10-8-13(9-11-14)17-19-16-7-5-4-6-15(16)18(21)20-17/h4-11H,2-3,12H2,1H3,(H,19,20,21). The molecule has 4 heteroatoms. The molecule has 0 spiro atoms. The molecule has 0 aliphatic carbocycles. The first-order valence-electron chi connectivity index (χ1n) is 7.50. The van der Waals surface area contributed by atoms with E-state index in [1.165, 1.54) is 17.7 Å². The maximum absolute atomic E-state index is 12.1. The zero-order chi connectivity index (χ0) is 15.4. The van der Waals surface area contributed by atoms with Gasteiger partial charge in [0.25, 0.3) is 5.56 Å². The van der Waals surface area contributed by atoms with Gasteiger partial charge < -0.3 is 4.98 Å². The Hall–Kier alpha value is -2.07. The van der Waals surface area contributed by atoms with E-state index in [2.05, 4.69) is 29.0 Å². The number of hydrogen-bond donors (Lipinski definition) is 1. The van der Waals surface area contributed by atoms with E-state index < -0.39 is 0 Å². The van der Waals surface area contributed by atoms with E-state index in [9.17, 15) is 4.79 Å². The van der Waals surface area contributed by atoms with Crippen LogP contribution in [-0.4, -0.2) is 15.7 Å². The Morgan fingerprint density at radius 2 is 1.86 bits per heavy atom. The zero-order valence-electron chi connectivity index (χ0n) is 12.5. The Morgan fingerprint density at radius 1 is 1.09 bits per heavy atom. The van der Waals surface area contributed by atoms with Crippen LogP contribution in [0.25, 0.3) is 22.3 Å². The first-order valence-corrected chi connectivity index (χ1v) is 8.49. The van der Waals surface area contributed by atoms with Gasteiger partial charge in [-0.2, -0.15) is 0 Å². The minimum Gasteiger partial charge on any atom is -0.306 e. The molecule has 0 fully saturated rings. The molecule has 1 aromatic heterocycles. The van der Waals surface area contributed by atoms with Gasteiger partial charge in [0.2, 0.25) is 0 Å². The van der Waals surface area contributed by atoms with Crippen LogP contribution in [0.4, 0.5) is 0 Å². The maximum Gasteiger partial charge on any atom is 0.259 e. The molecule has 0 saturated carbocycles. The zero-order valence-corrected chi connectivity index (χ0v) is 13.3. The number of para-hydroxylation sites is 1. The summed E-state index contributed by atoms with van der Waals surface area (Å²) in [6.45, 7) is 2.20. The van der Waals surface area contributed by atoms with Gasteiger partial charge in [0, 0.05) is 10.5 Å². The molecule has 0 aliphatic rings. The van der Waals surface area contributed by atoms with Gasteiger partial charge in [-0.1, -0.05) is 37.6 Å². The van der Waals surface area contributed by atoms with Crippen molar-refractivity contribution in [3.05, 3.63) is 58.9 Å². The lowest BCUT2D eigenvalue weighted by Gasteiger charge is -2.05. The molecule has 0 atom stereocenters. The number of H-pyrrole nitrogens is 1. The molecule has 0 aliphatic heterocycles. The van der Waals surface area contributed by atoms with Crippen molar-refractivity contribution in [3.63, 3.8) is 0 Å². The van der Waals surface area contributed by atoms with Crippen LogP contribution < -0.4 is 5.56 Å². The lowest BCUT2D eigenvalue weighted by atomic mass is 10.2. The van der Waals surface area contributed by atoms with Gasteiger partial charge in [-0.05, 0) is 36.4 Å². The highest BCUT2D eigenvalue weighted by Crippen LogP contribution is 2.23. The van der Waals surface area contributed by atoms with Crippen LogP contribution in [0.15, 0.2) is 58.2 Å². The summed E-state index contributed by atoms with van der Waals surface area (Å²) in [7, 11) is 0. The maximum atomic E-state index is 12.1. The fourth-order valence-corrected chi connectivity index (χ4v) is 3.26. The number of thioether (sulfide) groups is 1. The van der Waals surface area contributed by atoms with E-state index in [-0.39, 0.29) is 5.56 Å². The van der Waals surface area contributed by atoms with Crippen molar-refractivity contribution in [2.75, 3.05) is 5.75 Å². The quantitative estimate of drug-likeness (QED) is 0.558. The highest BCUT2D eigenvalue weighted by Gasteiger charge is 2.05. The average Bonchev–Trinajstić information content (AvgIpc) is 2.56. The summed E-state index contributed by atoms with van der Waals surface area (Å²) >= 11 is 1.86. The molecule has 1 N–H and O–H groups in total. The number of rotatable bonds is 5. The molecule has 3 aromatic rings. The van der Waals surface area contributed by atoms with Gasteiger partial charge in [0.05, 0.1) is 10.9 Å². The van der Waals surface area contributed by atoms with E-state index in [0.29, 0.717) is 11.2 Å². The minimum absolute atomic E-state index is 0.0954. The van der Waals surface area contributed by atoms with E-state index in [1.54, 1.807) is 6.07 Å². The second-order valence-corrected chi connectivity index (χ2v) is 6.33. The molecule has 2 aromatic carbocycles. The van der Waals surface area contributed by atoms with Crippen molar-refractivity contribution >= 4 is 22.7 Å². The number of hydrogen-bond acceptors (Lipinski definition) is 3. The van der Waals surface area contributed by atoms with Gasteiger partial charge in [0.1, 0.15) is 5.82 Å². The fourth-order valence-electron chi connectivity index (χ4n) is 2.27. The third-order valence-electron chi connectivity index (χ3n) is 3.51. The van der Waals surface area contributed by atoms with Crippen molar-refractivity contribution in [1.29, 1.82) is 0 Å². The summed E-state index contributed by atoms with van der Waals surface area (Å²) < 4.78 is 0. The first kappa shape index (κ1) is 14.9. The SMILES string of the molecule is CCCCSc1ccc(-c2nc3ccccc3c(=O)[nH]2)cc1. The second-order valence-electron chi connectivity index (χ2n) is 5.16. The summed E-state index contributed by atoms with van der Waals surface area (Å²) in [6.07, 6.45) is 2.44. The van der Waals surface area contributed by atoms with E-state index in [4.69, 9.17) is 0 Å². The minimum atomic E-state index is -0.0954. The Bertz CT molecular complexity index is 824. The number of nitrogens with zero attached hydrogens (tertiary/aromatic N) is 1. The number of benzene rings is 2. The Kier molecular flexibility index (Phi) is 4.59. The summed E-state index contributed by atoms with van der Waals surface area (Å²) in [4.78, 5) is 20.8. The first-order chi connectivity index (χ1) is 10.8. The molecule has 112 valence electrons. The summed E-state index contributed by atoms with van der Waals surface area (Å²) in [5.74, 6) is 1.76. The number of fused-ring (bicyclic) bond motifs is 1. The number of nitrogens with one attached hydrogen (secondary N) is 1. The molecule has 3 rings (SSSR count). The van der Waals surface area contributed by atoms with Crippen molar-refractivity contribution in [2.45, 2.75) is 24.7 Å². The fraction of sp³-hybridized carbons (Fsp3) is 0.222. The predicted molar refractivity (Wildman–Crippen MR) is 93.4 cm³/mol. The van der Waals surface area contributed by atoms with Gasteiger partial charge in [-0.25, -0.2) is 4.98 Å². The van der Waals surface area contributed by atoms with E-state index in [0.717, 1.165) is 16.8 Å². The summed E-state index contributed by atoms with van der Waals surface area (Å²) in [6, 6.07) is 15.6. The molecule has 0 unspecified atom stereocenters. The smallest absolute Gasteiger partial charge is 0.259 e. The van der Waals surface area contributed by atoms with Crippen molar-refractivity contribution in [2.24, 2.45) is 0 Å². The van der Waals surface area contributed by atoms with Crippen LogP contribution in [0.1, 0.15) is 19.8 Å². The number of unbranched alkanes of at least 4 members (excludes halogenated alkanes) is 1. The molecule has 0 saturated heterocycles. The number of aromatic amines is 1. The van der Waals surface area contributed by atoms with Crippen LogP contribution in [0, 0.1) is 0 Å². The van der Waals surface area contributed by atoms with Crippen LogP contribution in [0.3, 0.4) is 0 Å². The van der Waals surface area contributed by atoms with E-state index >= 15 is 0 Å². The molecule has 22 heavy (non-hydrogen) atoms. The van der Waals surface area contributed by atoms with Crippen LogP contribution >= 0.6 is 11.8 Å². The van der Waals surface area contributed by atoms with Crippen LogP contribution in [0.2, 0.25) is 0 Å². The summed E-state index contributed by atoms with van der Waals surface area (Å²) in [5, 5.41) is 0.623. The molecule has 0 radical (unpaired) electrons. The third kappa shape index (κ3) is 3.22. The predicted octanol–water partition coefficient (Wildman–Crippen LogP) is 4.48. The normalized spacial score (nSPS) is 11.0. The summed E-state index contributed by atoms with van der Waals surface area (Å²) in [5.41, 5.74) is 1.56. The number of aromatic nitrogens is 2. The third-order valence-corrected chi connectivity index (χ3v) is 4.61. The highest BCUT2D eigenvalue weighted by atomic mass is 32.2. The van der Waals surface area contributed by atoms with Gasteiger partial charge in [0.15, 0.2) is 0 Å². The van der Waals surface area contributed by atoms with Crippen LogP contribution in [-0.2, 0) is 0 Å². The van der Waals surface area contributed by atoms with Gasteiger partial charge in [-0.3, -0.25) is 4.79 Å². The molecule has 0 amide bonds. The molecular formula is C18H18N2OS. The Balaban J connectivity index is 1.89. The second kappa shape index (κ2) is 6.79. The lowest BCUT2D eigenvalue weighted by molar-refractivity contribution is 0.896. The molecule has 1 heterocycles. The molecular weight excluding hydrogens is 292 g/mol.